The summed E-state index contributed by atoms with van der Waals surface area (Å²) in [7, 11) is 0. The van der Waals surface area contributed by atoms with Crippen LogP contribution in [0.15, 0.2) is 48.5 Å². The van der Waals surface area contributed by atoms with Crippen molar-refractivity contribution >= 4 is 22.1 Å². The lowest BCUT2D eigenvalue weighted by Gasteiger charge is -2.03. The van der Waals surface area contributed by atoms with E-state index in [1.165, 1.54) is 0 Å². The molecule has 0 saturated heterocycles. The summed E-state index contributed by atoms with van der Waals surface area (Å²) in [5.41, 5.74) is 3.90. The Morgan fingerprint density at radius 2 is 1.10 bits per heavy atom. The average molecular weight is 264 g/mol. The quantitative estimate of drug-likeness (QED) is 0.567. The van der Waals surface area contributed by atoms with Crippen LogP contribution in [0.2, 0.25) is 0 Å². The Labute approximate surface area is 114 Å². The van der Waals surface area contributed by atoms with Crippen LogP contribution in [0.5, 0.6) is 0 Å². The molecule has 0 N–H and O–H groups in total. The van der Waals surface area contributed by atoms with Gasteiger partial charge in [0.1, 0.15) is 11.0 Å². The summed E-state index contributed by atoms with van der Waals surface area (Å²) in [4.78, 5) is 0. The molecule has 0 saturated carbocycles. The van der Waals surface area contributed by atoms with Gasteiger partial charge >= 0.3 is 0 Å². The van der Waals surface area contributed by atoms with E-state index >= 15 is 0 Å². The number of fused-ring (bicyclic) bond motifs is 2. The van der Waals surface area contributed by atoms with Crippen LogP contribution in [-0.2, 0) is 13.1 Å². The molecular formula is C14H12N6. The van der Waals surface area contributed by atoms with Crippen molar-refractivity contribution in [1.82, 2.24) is 30.0 Å². The second-order valence-electron chi connectivity index (χ2n) is 4.60. The van der Waals surface area contributed by atoms with Gasteiger partial charge in [0, 0.05) is 0 Å². The van der Waals surface area contributed by atoms with Gasteiger partial charge in [0.25, 0.3) is 0 Å². The van der Waals surface area contributed by atoms with Gasteiger partial charge in [-0.1, -0.05) is 34.7 Å². The lowest BCUT2D eigenvalue weighted by atomic mass is 10.3. The highest BCUT2D eigenvalue weighted by Crippen LogP contribution is 2.12. The van der Waals surface area contributed by atoms with Gasteiger partial charge in [-0.2, -0.15) is 0 Å². The number of nitrogens with zero attached hydrogens (tertiary/aromatic N) is 6. The summed E-state index contributed by atoms with van der Waals surface area (Å²) < 4.78 is 3.79. The molecule has 2 aromatic carbocycles. The maximum atomic E-state index is 4.18. The SMILES string of the molecule is c1ccc2c(c1)nnn2CCn1nnc2ccccc21. The van der Waals surface area contributed by atoms with E-state index in [1.807, 2.05) is 57.9 Å². The zero-order valence-electron chi connectivity index (χ0n) is 10.7. The van der Waals surface area contributed by atoms with Gasteiger partial charge in [-0.05, 0) is 24.3 Å². The molecule has 2 aromatic heterocycles. The number of hydrogen-bond donors (Lipinski definition) is 0. The summed E-state index contributed by atoms with van der Waals surface area (Å²) in [5.74, 6) is 0. The number of rotatable bonds is 3. The maximum absolute atomic E-state index is 4.18. The van der Waals surface area contributed by atoms with Crippen molar-refractivity contribution in [3.63, 3.8) is 0 Å². The van der Waals surface area contributed by atoms with Crippen molar-refractivity contribution < 1.29 is 0 Å². The predicted molar refractivity (Wildman–Crippen MR) is 75.1 cm³/mol. The molecular weight excluding hydrogens is 252 g/mol. The first kappa shape index (κ1) is 11.1. The highest BCUT2D eigenvalue weighted by atomic mass is 15.5. The number of benzene rings is 2. The van der Waals surface area contributed by atoms with E-state index in [4.69, 9.17) is 0 Å². The normalized spacial score (nSPS) is 11.4. The Morgan fingerprint density at radius 1 is 0.650 bits per heavy atom. The second-order valence-corrected chi connectivity index (χ2v) is 4.60. The largest absolute Gasteiger partial charge is 0.243 e. The van der Waals surface area contributed by atoms with E-state index in [2.05, 4.69) is 20.6 Å². The summed E-state index contributed by atoms with van der Waals surface area (Å²) in [6, 6.07) is 15.9. The second kappa shape index (κ2) is 4.41. The van der Waals surface area contributed by atoms with Crippen LogP contribution in [0.4, 0.5) is 0 Å². The molecule has 0 radical (unpaired) electrons. The van der Waals surface area contributed by atoms with Crippen LogP contribution >= 0.6 is 0 Å². The molecule has 0 bridgehead atoms. The molecule has 0 unspecified atom stereocenters. The van der Waals surface area contributed by atoms with Crippen LogP contribution < -0.4 is 0 Å². The number of aromatic nitrogens is 6. The lowest BCUT2D eigenvalue weighted by Crippen LogP contribution is -2.10. The Kier molecular flexibility index (Phi) is 2.45. The monoisotopic (exact) mass is 264 g/mol. The molecule has 4 aromatic rings. The Hall–Kier alpha value is -2.76. The van der Waals surface area contributed by atoms with E-state index in [0.717, 1.165) is 22.1 Å². The van der Waals surface area contributed by atoms with Crippen molar-refractivity contribution in [2.24, 2.45) is 0 Å². The van der Waals surface area contributed by atoms with Gasteiger partial charge in [-0.15, -0.1) is 10.2 Å². The van der Waals surface area contributed by atoms with Crippen LogP contribution in [-0.4, -0.2) is 30.0 Å². The number of aryl methyl sites for hydroxylation is 2. The first-order valence-corrected chi connectivity index (χ1v) is 6.48. The van der Waals surface area contributed by atoms with Crippen molar-refractivity contribution in [2.75, 3.05) is 0 Å². The van der Waals surface area contributed by atoms with Gasteiger partial charge in [0.2, 0.25) is 0 Å². The Balaban J connectivity index is 1.64. The van der Waals surface area contributed by atoms with Crippen molar-refractivity contribution in [3.8, 4) is 0 Å². The van der Waals surface area contributed by atoms with E-state index in [-0.39, 0.29) is 0 Å². The lowest BCUT2D eigenvalue weighted by molar-refractivity contribution is 0.499. The topological polar surface area (TPSA) is 61.4 Å². The molecule has 6 heteroatoms. The molecule has 4 rings (SSSR count). The van der Waals surface area contributed by atoms with Crippen LogP contribution in [0.25, 0.3) is 22.1 Å². The standard InChI is InChI=1S/C14H12N6/c1-3-7-13-11(5-1)15-17-19(13)9-10-20-14-8-4-2-6-12(14)16-18-20/h1-8H,9-10H2. The fraction of sp³-hybridized carbons (Fsp3) is 0.143. The van der Waals surface area contributed by atoms with E-state index in [1.54, 1.807) is 0 Å². The molecule has 98 valence electrons. The molecule has 6 nitrogen and oxygen atoms in total. The van der Waals surface area contributed by atoms with Crippen molar-refractivity contribution in [3.05, 3.63) is 48.5 Å². The highest BCUT2D eigenvalue weighted by molar-refractivity contribution is 5.74. The molecule has 0 spiro atoms. The maximum Gasteiger partial charge on any atom is 0.113 e. The Morgan fingerprint density at radius 3 is 1.60 bits per heavy atom. The molecule has 0 amide bonds. The van der Waals surface area contributed by atoms with Gasteiger partial charge in [-0.3, -0.25) is 0 Å². The molecule has 0 aliphatic heterocycles. The number of para-hydroxylation sites is 2. The van der Waals surface area contributed by atoms with Gasteiger partial charge in [-0.25, -0.2) is 9.36 Å². The molecule has 20 heavy (non-hydrogen) atoms. The molecule has 2 heterocycles. The third-order valence-electron chi connectivity index (χ3n) is 3.36. The van der Waals surface area contributed by atoms with Crippen LogP contribution in [0.3, 0.4) is 0 Å². The minimum atomic E-state index is 0.716. The highest BCUT2D eigenvalue weighted by Gasteiger charge is 2.06. The first-order valence-electron chi connectivity index (χ1n) is 6.48. The van der Waals surface area contributed by atoms with E-state index in [0.29, 0.717) is 13.1 Å². The van der Waals surface area contributed by atoms with E-state index in [9.17, 15) is 0 Å². The smallest absolute Gasteiger partial charge is 0.113 e. The van der Waals surface area contributed by atoms with Gasteiger partial charge < -0.3 is 0 Å². The average Bonchev–Trinajstić information content (AvgIpc) is 3.09. The Bertz CT molecular complexity index is 801. The van der Waals surface area contributed by atoms with Crippen LogP contribution in [0.1, 0.15) is 0 Å². The molecule has 0 aliphatic carbocycles. The summed E-state index contributed by atoms with van der Waals surface area (Å²) >= 11 is 0. The summed E-state index contributed by atoms with van der Waals surface area (Å²) in [5, 5.41) is 16.7. The van der Waals surface area contributed by atoms with Crippen LogP contribution in [0, 0.1) is 0 Å². The van der Waals surface area contributed by atoms with Crippen molar-refractivity contribution in [2.45, 2.75) is 13.1 Å². The predicted octanol–water partition coefficient (Wildman–Crippen LogP) is 1.88. The molecule has 0 atom stereocenters. The van der Waals surface area contributed by atoms with Gasteiger partial charge in [0.15, 0.2) is 0 Å². The zero-order valence-corrected chi connectivity index (χ0v) is 10.7. The third kappa shape index (κ3) is 1.73. The minimum absolute atomic E-state index is 0.716. The summed E-state index contributed by atoms with van der Waals surface area (Å²) in [6.07, 6.45) is 0. The first-order chi connectivity index (χ1) is 9.92. The van der Waals surface area contributed by atoms with Gasteiger partial charge in [0.05, 0.1) is 24.1 Å². The zero-order chi connectivity index (χ0) is 13.4. The number of hydrogen-bond acceptors (Lipinski definition) is 4. The van der Waals surface area contributed by atoms with E-state index < -0.39 is 0 Å². The molecule has 0 aliphatic rings. The fourth-order valence-electron chi connectivity index (χ4n) is 2.35. The van der Waals surface area contributed by atoms with Crippen molar-refractivity contribution in [1.29, 1.82) is 0 Å². The minimum Gasteiger partial charge on any atom is -0.243 e. The summed E-state index contributed by atoms with van der Waals surface area (Å²) in [6.45, 7) is 1.43. The fourth-order valence-corrected chi connectivity index (χ4v) is 2.35. The molecule has 0 fully saturated rings. The third-order valence-corrected chi connectivity index (χ3v) is 3.36.